The van der Waals surface area contributed by atoms with Gasteiger partial charge in [0.15, 0.2) is 0 Å². The molecule has 0 saturated carbocycles. The fourth-order valence-corrected chi connectivity index (χ4v) is 6.42. The summed E-state index contributed by atoms with van der Waals surface area (Å²) < 4.78 is 0. The van der Waals surface area contributed by atoms with Crippen molar-refractivity contribution in [2.45, 2.75) is 5.92 Å². The molecule has 4 nitrogen and oxygen atoms in total. The van der Waals surface area contributed by atoms with Crippen LogP contribution in [0.4, 0.5) is 11.4 Å². The van der Waals surface area contributed by atoms with Gasteiger partial charge in [-0.2, -0.15) is 0 Å². The Kier molecular flexibility index (Phi) is 6.89. The number of hydrogen-bond acceptors (Lipinski definition) is 4. The zero-order valence-corrected chi connectivity index (χ0v) is 24.1. The lowest BCUT2D eigenvalue weighted by Crippen LogP contribution is -2.41. The number of benzene rings is 4. The maximum absolute atomic E-state index is 5.24. The van der Waals surface area contributed by atoms with E-state index in [4.69, 9.17) is 9.97 Å². The van der Waals surface area contributed by atoms with Gasteiger partial charge in [0.1, 0.15) is 0 Å². The molecule has 0 amide bonds. The number of nitrogens with zero attached hydrogens (tertiary/aromatic N) is 4. The number of rotatable bonds is 8. The molecule has 0 unspecified atom stereocenters. The van der Waals surface area contributed by atoms with Crippen molar-refractivity contribution in [2.24, 2.45) is 5.92 Å². The van der Waals surface area contributed by atoms with E-state index in [1.165, 1.54) is 27.9 Å². The Bertz CT molecular complexity index is 1880. The number of para-hydroxylation sites is 4. The summed E-state index contributed by atoms with van der Waals surface area (Å²) in [4.78, 5) is 15.2. The highest BCUT2D eigenvalue weighted by atomic mass is 15.1. The quantitative estimate of drug-likeness (QED) is 0.193. The molecule has 0 fully saturated rings. The summed E-state index contributed by atoms with van der Waals surface area (Å²) in [7, 11) is 4.38. The lowest BCUT2D eigenvalue weighted by Gasteiger charge is -2.45. The fourth-order valence-electron chi connectivity index (χ4n) is 6.42. The Labute approximate surface area is 247 Å². The second-order valence-electron chi connectivity index (χ2n) is 11.2. The average molecular weight is 547 g/mol. The largest absolute Gasteiger partial charge is 0.374 e. The van der Waals surface area contributed by atoms with Gasteiger partial charge in [0, 0.05) is 66.9 Å². The molecule has 2 atom stereocenters. The molecule has 2 heterocycles. The van der Waals surface area contributed by atoms with Crippen molar-refractivity contribution in [3.05, 3.63) is 150 Å². The van der Waals surface area contributed by atoms with E-state index in [0.29, 0.717) is 0 Å². The third-order valence-electron chi connectivity index (χ3n) is 8.58. The van der Waals surface area contributed by atoms with Gasteiger partial charge in [-0.1, -0.05) is 84.9 Å². The van der Waals surface area contributed by atoms with Crippen molar-refractivity contribution in [2.75, 3.05) is 37.0 Å². The molecule has 0 radical (unpaired) electrons. The molecule has 42 heavy (non-hydrogen) atoms. The topological polar surface area (TPSA) is 32.3 Å². The number of anilines is 2. The van der Waals surface area contributed by atoms with Gasteiger partial charge in [-0.15, -0.1) is 0 Å². The van der Waals surface area contributed by atoms with Crippen LogP contribution in [-0.4, -0.2) is 37.2 Å². The molecular formula is C38H34N4. The highest BCUT2D eigenvalue weighted by Crippen LogP contribution is 2.52. The van der Waals surface area contributed by atoms with Crippen LogP contribution in [-0.2, 0) is 0 Å². The molecule has 6 aromatic rings. The first-order chi connectivity index (χ1) is 20.7. The molecule has 4 heteroatoms. The highest BCUT2D eigenvalue weighted by Gasteiger charge is 2.44. The van der Waals surface area contributed by atoms with Gasteiger partial charge in [0.05, 0.1) is 16.7 Å². The number of fused-ring (bicyclic) bond motifs is 2. The van der Waals surface area contributed by atoms with Crippen LogP contribution in [0.25, 0.3) is 27.4 Å². The highest BCUT2D eigenvalue weighted by molar-refractivity contribution is 5.86. The van der Waals surface area contributed by atoms with Crippen LogP contribution in [0.5, 0.6) is 0 Å². The van der Waals surface area contributed by atoms with E-state index in [0.717, 1.165) is 40.9 Å². The first-order valence-electron chi connectivity index (χ1n) is 14.6. The normalized spacial score (nSPS) is 16.4. The molecule has 4 aromatic carbocycles. The van der Waals surface area contributed by atoms with Crippen molar-refractivity contribution in [1.29, 1.82) is 0 Å². The Balaban J connectivity index is 1.38. The smallest absolute Gasteiger partial charge is 0.0709 e. The van der Waals surface area contributed by atoms with Crippen LogP contribution in [0.15, 0.2) is 139 Å². The molecule has 1 aliphatic rings. The molecule has 0 aliphatic heterocycles. The molecular weight excluding hydrogens is 512 g/mol. The van der Waals surface area contributed by atoms with E-state index < -0.39 is 0 Å². The lowest BCUT2D eigenvalue weighted by atomic mass is 9.64. The first-order valence-corrected chi connectivity index (χ1v) is 14.6. The van der Waals surface area contributed by atoms with Crippen LogP contribution < -0.4 is 9.80 Å². The minimum atomic E-state index is 0.176. The monoisotopic (exact) mass is 546 g/mol. The molecule has 0 bridgehead atoms. The van der Waals surface area contributed by atoms with Gasteiger partial charge >= 0.3 is 0 Å². The predicted molar refractivity (Wildman–Crippen MR) is 176 cm³/mol. The van der Waals surface area contributed by atoms with E-state index in [2.05, 4.69) is 157 Å². The predicted octanol–water partition coefficient (Wildman–Crippen LogP) is 8.22. The Hall–Kier alpha value is -4.96. The molecule has 0 saturated heterocycles. The van der Waals surface area contributed by atoms with Gasteiger partial charge in [0.2, 0.25) is 0 Å². The SMILES string of the molecule is CN(CC1=C(c2ccc3ccccc3n2)[C@H](CN(C)c2ccccc2)[C@H]1c1ccc2ccccc2n1)c1ccccc1. The summed E-state index contributed by atoms with van der Waals surface area (Å²) in [5, 5.41) is 2.33. The van der Waals surface area contributed by atoms with Crippen LogP contribution >= 0.6 is 0 Å². The van der Waals surface area contributed by atoms with Crippen LogP contribution in [0.3, 0.4) is 0 Å². The summed E-state index contributed by atoms with van der Waals surface area (Å²) in [6, 6.07) is 47.0. The lowest BCUT2D eigenvalue weighted by molar-refractivity contribution is 0.501. The van der Waals surface area contributed by atoms with Crippen LogP contribution in [0.2, 0.25) is 0 Å². The molecule has 7 rings (SSSR count). The number of aromatic nitrogens is 2. The molecule has 0 N–H and O–H groups in total. The molecule has 0 spiro atoms. The Morgan fingerprint density at radius 3 is 1.76 bits per heavy atom. The minimum absolute atomic E-state index is 0.176. The van der Waals surface area contributed by atoms with Crippen molar-refractivity contribution in [3.63, 3.8) is 0 Å². The third-order valence-corrected chi connectivity index (χ3v) is 8.58. The summed E-state index contributed by atoms with van der Waals surface area (Å²) >= 11 is 0. The Morgan fingerprint density at radius 2 is 1.10 bits per heavy atom. The number of hydrogen-bond donors (Lipinski definition) is 0. The Morgan fingerprint density at radius 1 is 0.548 bits per heavy atom. The molecule has 206 valence electrons. The van der Waals surface area contributed by atoms with Gasteiger partial charge in [-0.05, 0) is 59.7 Å². The van der Waals surface area contributed by atoms with Gasteiger partial charge in [0.25, 0.3) is 0 Å². The van der Waals surface area contributed by atoms with Gasteiger partial charge in [-0.25, -0.2) is 4.98 Å². The van der Waals surface area contributed by atoms with E-state index in [1.54, 1.807) is 0 Å². The van der Waals surface area contributed by atoms with Crippen molar-refractivity contribution >= 4 is 38.8 Å². The van der Waals surface area contributed by atoms with Gasteiger partial charge in [-0.3, -0.25) is 4.98 Å². The zero-order chi connectivity index (χ0) is 28.5. The number of likely N-dealkylation sites (N-methyl/N-ethyl adjacent to an activating group) is 1. The van der Waals surface area contributed by atoms with Crippen molar-refractivity contribution in [1.82, 2.24) is 9.97 Å². The number of pyridine rings is 2. The second kappa shape index (κ2) is 11.1. The van der Waals surface area contributed by atoms with Crippen molar-refractivity contribution in [3.8, 4) is 0 Å². The first kappa shape index (κ1) is 26.0. The standard InChI is InChI=1S/C38H34N4/c1-41(29-15-5-3-6-16-29)25-31-37(35-23-21-27-13-9-11-19-33(27)39-35)32(26-42(2)30-17-7-4-8-18-30)38(31)36-24-22-28-14-10-12-20-34(28)40-36/h3-24,31,37H,25-26H2,1-2H3/t31-,37-/m1/s1. The summed E-state index contributed by atoms with van der Waals surface area (Å²) in [5.41, 5.74) is 9.40. The maximum Gasteiger partial charge on any atom is 0.0709 e. The van der Waals surface area contributed by atoms with Gasteiger partial charge < -0.3 is 9.80 Å². The third kappa shape index (κ3) is 4.90. The fraction of sp³-hybridized carbons (Fsp3) is 0.158. The summed E-state index contributed by atoms with van der Waals surface area (Å²) in [6.07, 6.45) is 0. The van der Waals surface area contributed by atoms with E-state index in [1.807, 2.05) is 0 Å². The molecule has 1 aliphatic carbocycles. The second-order valence-corrected chi connectivity index (χ2v) is 11.2. The molecule has 2 aromatic heterocycles. The summed E-state index contributed by atoms with van der Waals surface area (Å²) in [6.45, 7) is 1.67. The van der Waals surface area contributed by atoms with Crippen molar-refractivity contribution < 1.29 is 0 Å². The summed E-state index contributed by atoms with van der Waals surface area (Å²) in [5.74, 6) is 0.409. The van der Waals surface area contributed by atoms with Crippen LogP contribution in [0.1, 0.15) is 17.3 Å². The van der Waals surface area contributed by atoms with E-state index >= 15 is 0 Å². The average Bonchev–Trinajstić information content (AvgIpc) is 3.04. The minimum Gasteiger partial charge on any atom is -0.374 e. The maximum atomic E-state index is 5.24. The van der Waals surface area contributed by atoms with E-state index in [-0.39, 0.29) is 11.8 Å². The zero-order valence-electron chi connectivity index (χ0n) is 24.1. The van der Waals surface area contributed by atoms with E-state index in [9.17, 15) is 0 Å². The van der Waals surface area contributed by atoms with Crippen LogP contribution in [0, 0.1) is 5.92 Å².